The smallest absolute Gasteiger partial charge is 0.225 e. The first-order valence-electron chi connectivity index (χ1n) is 8.01. The summed E-state index contributed by atoms with van der Waals surface area (Å²) in [7, 11) is 0. The second-order valence-electron chi connectivity index (χ2n) is 5.75. The van der Waals surface area contributed by atoms with Crippen LogP contribution in [0.5, 0.6) is 0 Å². The van der Waals surface area contributed by atoms with E-state index in [9.17, 15) is 18.8 Å². The van der Waals surface area contributed by atoms with Crippen molar-refractivity contribution in [2.24, 2.45) is 0 Å². The van der Waals surface area contributed by atoms with Crippen molar-refractivity contribution in [3.8, 4) is 6.07 Å². The number of amides is 1. The minimum absolute atomic E-state index is 0.176. The summed E-state index contributed by atoms with van der Waals surface area (Å²) in [4.78, 5) is 13.9. The van der Waals surface area contributed by atoms with Gasteiger partial charge in [-0.1, -0.05) is 0 Å². The van der Waals surface area contributed by atoms with Gasteiger partial charge >= 0.3 is 0 Å². The molecule has 3 rings (SSSR count). The molecule has 0 fully saturated rings. The molecular formula is C18H16F2N2OS2. The summed E-state index contributed by atoms with van der Waals surface area (Å²) in [6.45, 7) is 0. The van der Waals surface area contributed by atoms with Gasteiger partial charge in [0, 0.05) is 21.9 Å². The number of nitrogens with zero attached hydrogens (tertiary/aromatic N) is 1. The van der Waals surface area contributed by atoms with Crippen LogP contribution in [0.25, 0.3) is 0 Å². The number of halogens is 2. The first kappa shape index (κ1) is 17.9. The lowest BCUT2D eigenvalue weighted by atomic mass is 9.96. The lowest BCUT2D eigenvalue weighted by molar-refractivity contribution is -0.115. The second-order valence-corrected chi connectivity index (χ2v) is 8.02. The van der Waals surface area contributed by atoms with Gasteiger partial charge in [0.15, 0.2) is 11.6 Å². The Labute approximate surface area is 153 Å². The predicted octanol–water partition coefficient (Wildman–Crippen LogP) is 4.90. The van der Waals surface area contributed by atoms with Crippen molar-refractivity contribution in [3.05, 3.63) is 45.8 Å². The van der Waals surface area contributed by atoms with Crippen LogP contribution in [0.2, 0.25) is 0 Å². The molecule has 1 aromatic heterocycles. The van der Waals surface area contributed by atoms with Gasteiger partial charge in [-0.25, -0.2) is 8.78 Å². The van der Waals surface area contributed by atoms with Crippen molar-refractivity contribution in [2.75, 3.05) is 11.1 Å². The third-order valence-corrected chi connectivity index (χ3v) is 6.23. The summed E-state index contributed by atoms with van der Waals surface area (Å²) in [6.07, 6.45) is 4.30. The number of benzene rings is 1. The number of anilines is 1. The first-order valence-corrected chi connectivity index (χ1v) is 9.81. The SMILES string of the molecule is N#Cc1c(NC(=O)CCSc2ccc(F)c(F)c2)sc2c1CCCC2. The van der Waals surface area contributed by atoms with E-state index in [0.29, 0.717) is 21.2 Å². The van der Waals surface area contributed by atoms with Crippen LogP contribution in [0.3, 0.4) is 0 Å². The van der Waals surface area contributed by atoms with E-state index in [2.05, 4.69) is 11.4 Å². The maximum Gasteiger partial charge on any atom is 0.225 e. The number of nitrogens with one attached hydrogen (secondary N) is 1. The zero-order valence-electron chi connectivity index (χ0n) is 13.4. The van der Waals surface area contributed by atoms with Gasteiger partial charge in [-0.3, -0.25) is 4.79 Å². The van der Waals surface area contributed by atoms with E-state index < -0.39 is 11.6 Å². The Morgan fingerprint density at radius 1 is 1.28 bits per heavy atom. The van der Waals surface area contributed by atoms with E-state index >= 15 is 0 Å². The van der Waals surface area contributed by atoms with Gasteiger partial charge in [-0.2, -0.15) is 5.26 Å². The highest BCUT2D eigenvalue weighted by molar-refractivity contribution is 7.99. The van der Waals surface area contributed by atoms with E-state index in [1.807, 2.05) is 0 Å². The standard InChI is InChI=1S/C18H16F2N2OS2/c19-14-6-5-11(9-15(14)20)24-8-7-17(23)22-18-13(10-21)12-3-1-2-4-16(12)25-18/h5-6,9H,1-4,7-8H2,(H,22,23). The Bertz CT molecular complexity index is 842. The van der Waals surface area contributed by atoms with Crippen LogP contribution in [0.1, 0.15) is 35.3 Å². The molecular weight excluding hydrogens is 362 g/mol. The van der Waals surface area contributed by atoms with Crippen LogP contribution in [-0.2, 0) is 17.6 Å². The van der Waals surface area contributed by atoms with E-state index in [0.717, 1.165) is 43.4 Å². The lowest BCUT2D eigenvalue weighted by Crippen LogP contribution is -2.12. The molecule has 0 radical (unpaired) electrons. The minimum Gasteiger partial charge on any atom is -0.317 e. The third kappa shape index (κ3) is 4.20. The normalized spacial score (nSPS) is 13.2. The fourth-order valence-electron chi connectivity index (χ4n) is 2.79. The molecule has 0 unspecified atom stereocenters. The zero-order chi connectivity index (χ0) is 17.8. The molecule has 1 heterocycles. The molecule has 1 amide bonds. The Morgan fingerprint density at radius 2 is 2.08 bits per heavy atom. The van der Waals surface area contributed by atoms with E-state index in [1.165, 1.54) is 34.0 Å². The molecule has 1 aliphatic rings. The fourth-order valence-corrected chi connectivity index (χ4v) is 4.92. The summed E-state index contributed by atoms with van der Waals surface area (Å²) in [5.74, 6) is -1.50. The Balaban J connectivity index is 1.57. The van der Waals surface area contributed by atoms with Gasteiger partial charge in [0.1, 0.15) is 11.1 Å². The number of thiophene rings is 1. The average molecular weight is 378 g/mol. The van der Waals surface area contributed by atoms with Gasteiger partial charge in [0.2, 0.25) is 5.91 Å². The van der Waals surface area contributed by atoms with E-state index in [4.69, 9.17) is 0 Å². The summed E-state index contributed by atoms with van der Waals surface area (Å²) in [5.41, 5.74) is 1.69. The molecule has 0 saturated carbocycles. The van der Waals surface area contributed by atoms with Crippen molar-refractivity contribution in [1.82, 2.24) is 0 Å². The van der Waals surface area contributed by atoms with Crippen molar-refractivity contribution in [2.45, 2.75) is 37.0 Å². The van der Waals surface area contributed by atoms with Crippen molar-refractivity contribution >= 4 is 34.0 Å². The molecule has 0 bridgehead atoms. The zero-order valence-corrected chi connectivity index (χ0v) is 15.0. The average Bonchev–Trinajstić information content (AvgIpc) is 2.95. The lowest BCUT2D eigenvalue weighted by Gasteiger charge is -2.09. The highest BCUT2D eigenvalue weighted by Crippen LogP contribution is 2.37. The number of fused-ring (bicyclic) bond motifs is 1. The number of hydrogen-bond donors (Lipinski definition) is 1. The molecule has 1 N–H and O–H groups in total. The van der Waals surface area contributed by atoms with Crippen LogP contribution >= 0.6 is 23.1 Å². The number of thioether (sulfide) groups is 1. The number of hydrogen-bond acceptors (Lipinski definition) is 4. The summed E-state index contributed by atoms with van der Waals surface area (Å²) < 4.78 is 26.0. The van der Waals surface area contributed by atoms with Crippen LogP contribution in [0.15, 0.2) is 23.1 Å². The maximum atomic E-state index is 13.2. The van der Waals surface area contributed by atoms with E-state index in [-0.39, 0.29) is 12.3 Å². The van der Waals surface area contributed by atoms with Gasteiger partial charge < -0.3 is 5.32 Å². The molecule has 3 nitrogen and oxygen atoms in total. The number of carbonyl (C=O) groups excluding carboxylic acids is 1. The number of carbonyl (C=O) groups is 1. The molecule has 0 saturated heterocycles. The van der Waals surface area contributed by atoms with Crippen LogP contribution in [0.4, 0.5) is 13.8 Å². The van der Waals surface area contributed by atoms with Gasteiger partial charge in [0.05, 0.1) is 5.56 Å². The highest BCUT2D eigenvalue weighted by Gasteiger charge is 2.21. The topological polar surface area (TPSA) is 52.9 Å². The summed E-state index contributed by atoms with van der Waals surface area (Å²) >= 11 is 2.79. The highest BCUT2D eigenvalue weighted by atomic mass is 32.2. The Kier molecular flexibility index (Phi) is 5.71. The molecule has 1 aromatic carbocycles. The van der Waals surface area contributed by atoms with Crippen molar-refractivity contribution in [1.29, 1.82) is 5.26 Å². The molecule has 7 heteroatoms. The summed E-state index contributed by atoms with van der Waals surface area (Å²) in [5, 5.41) is 12.9. The molecule has 130 valence electrons. The molecule has 0 spiro atoms. The van der Waals surface area contributed by atoms with Crippen LogP contribution in [0, 0.1) is 23.0 Å². The maximum absolute atomic E-state index is 13.2. The van der Waals surface area contributed by atoms with E-state index in [1.54, 1.807) is 0 Å². The molecule has 0 aliphatic heterocycles. The molecule has 25 heavy (non-hydrogen) atoms. The number of nitriles is 1. The quantitative estimate of drug-likeness (QED) is 0.753. The second kappa shape index (κ2) is 7.98. The number of rotatable bonds is 5. The number of aryl methyl sites for hydroxylation is 1. The van der Waals surface area contributed by atoms with Crippen LogP contribution in [-0.4, -0.2) is 11.7 Å². The molecule has 0 atom stereocenters. The van der Waals surface area contributed by atoms with Crippen molar-refractivity contribution in [3.63, 3.8) is 0 Å². The van der Waals surface area contributed by atoms with Crippen molar-refractivity contribution < 1.29 is 13.6 Å². The van der Waals surface area contributed by atoms with Gasteiger partial charge in [0.25, 0.3) is 0 Å². The largest absolute Gasteiger partial charge is 0.317 e. The minimum atomic E-state index is -0.891. The fraction of sp³-hybridized carbons (Fsp3) is 0.333. The first-order chi connectivity index (χ1) is 12.1. The summed E-state index contributed by atoms with van der Waals surface area (Å²) in [6, 6.07) is 5.90. The van der Waals surface area contributed by atoms with Gasteiger partial charge in [-0.05, 0) is 49.4 Å². The van der Waals surface area contributed by atoms with Crippen LogP contribution < -0.4 is 5.32 Å². The predicted molar refractivity (Wildman–Crippen MR) is 96.0 cm³/mol. The Morgan fingerprint density at radius 3 is 2.84 bits per heavy atom. The molecule has 2 aromatic rings. The monoisotopic (exact) mass is 378 g/mol. The molecule has 1 aliphatic carbocycles. The Hall–Kier alpha value is -1.91. The third-order valence-electron chi connectivity index (χ3n) is 4.02. The van der Waals surface area contributed by atoms with Gasteiger partial charge in [-0.15, -0.1) is 23.1 Å².